The molecule has 0 spiro atoms. The van der Waals surface area contributed by atoms with E-state index in [0.717, 1.165) is 5.56 Å². The van der Waals surface area contributed by atoms with Crippen molar-refractivity contribution in [2.75, 3.05) is 13.2 Å². The number of nitrogens with two attached hydrogens (primary N) is 1. The maximum Gasteiger partial charge on any atom is 0.282 e. The van der Waals surface area contributed by atoms with Crippen LogP contribution in [0, 0.1) is 5.82 Å². The van der Waals surface area contributed by atoms with E-state index in [1.165, 1.54) is 12.1 Å². The van der Waals surface area contributed by atoms with Crippen LogP contribution in [0.3, 0.4) is 0 Å². The van der Waals surface area contributed by atoms with E-state index < -0.39 is 5.60 Å². The van der Waals surface area contributed by atoms with Gasteiger partial charge in [0.25, 0.3) is 6.02 Å². The van der Waals surface area contributed by atoms with Crippen LogP contribution in [0.15, 0.2) is 29.3 Å². The predicted octanol–water partition coefficient (Wildman–Crippen LogP) is 1.79. The molecule has 0 saturated heterocycles. The number of halogens is 1. The first-order valence-electron chi connectivity index (χ1n) is 5.92. The summed E-state index contributed by atoms with van der Waals surface area (Å²) < 4.78 is 24.0. The highest BCUT2D eigenvalue weighted by Crippen LogP contribution is 2.33. The number of rotatable bonds is 4. The Morgan fingerprint density at radius 3 is 2.67 bits per heavy atom. The Balaban J connectivity index is 2.34. The second kappa shape index (κ2) is 4.94. The first kappa shape index (κ1) is 12.8. The van der Waals surface area contributed by atoms with E-state index in [2.05, 4.69) is 4.99 Å². The molecule has 0 aliphatic carbocycles. The summed E-state index contributed by atoms with van der Waals surface area (Å²) >= 11 is 0. The molecule has 5 heteroatoms. The van der Waals surface area contributed by atoms with Gasteiger partial charge in [-0.3, -0.25) is 0 Å². The zero-order valence-electron chi connectivity index (χ0n) is 10.5. The van der Waals surface area contributed by atoms with Gasteiger partial charge in [-0.15, -0.1) is 0 Å². The van der Waals surface area contributed by atoms with E-state index in [4.69, 9.17) is 15.2 Å². The van der Waals surface area contributed by atoms with Gasteiger partial charge < -0.3 is 15.2 Å². The highest BCUT2D eigenvalue weighted by Gasteiger charge is 2.40. The van der Waals surface area contributed by atoms with Crippen LogP contribution in [0.25, 0.3) is 0 Å². The fraction of sp³-hybridized carbons (Fsp3) is 0.462. The third kappa shape index (κ3) is 2.31. The number of nitrogens with zero attached hydrogens (tertiary/aromatic N) is 1. The van der Waals surface area contributed by atoms with Gasteiger partial charge >= 0.3 is 0 Å². The summed E-state index contributed by atoms with van der Waals surface area (Å²) in [4.78, 5) is 4.23. The van der Waals surface area contributed by atoms with Crippen molar-refractivity contribution in [3.05, 3.63) is 35.6 Å². The van der Waals surface area contributed by atoms with Crippen LogP contribution >= 0.6 is 0 Å². The molecule has 1 aromatic carbocycles. The topological polar surface area (TPSA) is 56.8 Å². The molecule has 1 aliphatic rings. The summed E-state index contributed by atoms with van der Waals surface area (Å²) in [6, 6.07) is 6.19. The normalized spacial score (nSPS) is 22.2. The van der Waals surface area contributed by atoms with E-state index >= 15 is 0 Å². The van der Waals surface area contributed by atoms with Gasteiger partial charge in [0.05, 0.1) is 0 Å². The SMILES string of the molecule is CCO[C@@](C)(c1ccc(F)cc1)C1COC(N)=N1. The van der Waals surface area contributed by atoms with E-state index in [-0.39, 0.29) is 17.9 Å². The predicted molar refractivity (Wildman–Crippen MR) is 66.7 cm³/mol. The van der Waals surface area contributed by atoms with Crippen molar-refractivity contribution in [3.63, 3.8) is 0 Å². The number of hydrogen-bond donors (Lipinski definition) is 1. The first-order valence-corrected chi connectivity index (χ1v) is 5.92. The molecule has 1 heterocycles. The molecule has 2 atom stereocenters. The fourth-order valence-electron chi connectivity index (χ4n) is 2.13. The maximum atomic E-state index is 13.0. The van der Waals surface area contributed by atoms with Crippen LogP contribution in [0.4, 0.5) is 4.39 Å². The van der Waals surface area contributed by atoms with Gasteiger partial charge in [0.2, 0.25) is 0 Å². The molecule has 0 fully saturated rings. The first-order chi connectivity index (χ1) is 8.56. The van der Waals surface area contributed by atoms with Gasteiger partial charge in [0, 0.05) is 6.61 Å². The second-order valence-corrected chi connectivity index (χ2v) is 4.34. The summed E-state index contributed by atoms with van der Waals surface area (Å²) in [6.45, 7) is 4.73. The van der Waals surface area contributed by atoms with E-state index in [0.29, 0.717) is 13.2 Å². The smallest absolute Gasteiger partial charge is 0.282 e. The van der Waals surface area contributed by atoms with Crippen LogP contribution < -0.4 is 5.73 Å². The summed E-state index contributed by atoms with van der Waals surface area (Å²) in [6.07, 6.45) is 0. The quantitative estimate of drug-likeness (QED) is 0.888. The summed E-state index contributed by atoms with van der Waals surface area (Å²) in [5.74, 6) is -0.275. The lowest BCUT2D eigenvalue weighted by Gasteiger charge is -2.33. The molecule has 2 rings (SSSR count). The summed E-state index contributed by atoms with van der Waals surface area (Å²) in [7, 11) is 0. The lowest BCUT2D eigenvalue weighted by atomic mass is 9.88. The van der Waals surface area contributed by atoms with Gasteiger partial charge in [-0.2, -0.15) is 0 Å². The highest BCUT2D eigenvalue weighted by atomic mass is 19.1. The van der Waals surface area contributed by atoms with Crippen LogP contribution in [0.5, 0.6) is 0 Å². The van der Waals surface area contributed by atoms with Gasteiger partial charge in [0.1, 0.15) is 24.1 Å². The Kier molecular flexibility index (Phi) is 3.52. The minimum Gasteiger partial charge on any atom is -0.463 e. The number of hydrogen-bond acceptors (Lipinski definition) is 4. The average Bonchev–Trinajstić information content (AvgIpc) is 2.77. The third-order valence-corrected chi connectivity index (χ3v) is 3.17. The Bertz CT molecular complexity index is 447. The molecule has 0 aromatic heterocycles. The zero-order valence-corrected chi connectivity index (χ0v) is 10.5. The van der Waals surface area contributed by atoms with Crippen LogP contribution in [0.1, 0.15) is 19.4 Å². The zero-order chi connectivity index (χ0) is 13.2. The van der Waals surface area contributed by atoms with E-state index in [1.807, 2.05) is 13.8 Å². The molecular weight excluding hydrogens is 235 g/mol. The highest BCUT2D eigenvalue weighted by molar-refractivity contribution is 5.73. The van der Waals surface area contributed by atoms with Gasteiger partial charge in [-0.1, -0.05) is 12.1 Å². The lowest BCUT2D eigenvalue weighted by molar-refractivity contribution is -0.0523. The van der Waals surface area contributed by atoms with Crippen molar-refractivity contribution in [3.8, 4) is 0 Å². The standard InChI is InChI=1S/C13H17FN2O2/c1-3-18-13(2,11-8-17-12(15)16-11)9-4-6-10(14)7-5-9/h4-7,11H,3,8H2,1-2H3,(H2,15,16)/t11?,13-/m0/s1. The van der Waals surface area contributed by atoms with Gasteiger partial charge in [-0.05, 0) is 31.5 Å². The largest absolute Gasteiger partial charge is 0.463 e. The van der Waals surface area contributed by atoms with Gasteiger partial charge in [0.15, 0.2) is 0 Å². The molecule has 0 saturated carbocycles. The van der Waals surface area contributed by atoms with Crippen molar-refractivity contribution in [2.24, 2.45) is 10.7 Å². The Morgan fingerprint density at radius 2 is 2.17 bits per heavy atom. The molecular formula is C13H17FN2O2. The summed E-state index contributed by atoms with van der Waals surface area (Å²) in [5.41, 5.74) is 5.73. The minimum atomic E-state index is -0.663. The molecule has 1 aliphatic heterocycles. The van der Waals surface area contributed by atoms with E-state index in [9.17, 15) is 4.39 Å². The Hall–Kier alpha value is -1.62. The fourth-order valence-corrected chi connectivity index (χ4v) is 2.13. The second-order valence-electron chi connectivity index (χ2n) is 4.34. The summed E-state index contributed by atoms with van der Waals surface area (Å²) in [5, 5.41) is 0. The van der Waals surface area contributed by atoms with Crippen LogP contribution in [0.2, 0.25) is 0 Å². The Morgan fingerprint density at radius 1 is 1.50 bits per heavy atom. The average molecular weight is 252 g/mol. The van der Waals surface area contributed by atoms with Crippen LogP contribution in [-0.4, -0.2) is 25.3 Å². The molecule has 0 radical (unpaired) electrons. The maximum absolute atomic E-state index is 13.0. The molecule has 0 amide bonds. The molecule has 1 aromatic rings. The molecule has 2 N–H and O–H groups in total. The Labute approximate surface area is 106 Å². The molecule has 0 bridgehead atoms. The van der Waals surface area contributed by atoms with Crippen LogP contribution in [-0.2, 0) is 15.1 Å². The lowest BCUT2D eigenvalue weighted by Crippen LogP contribution is -2.39. The van der Waals surface area contributed by atoms with Crippen molar-refractivity contribution >= 4 is 6.02 Å². The molecule has 4 nitrogen and oxygen atoms in total. The molecule has 1 unspecified atom stereocenters. The van der Waals surface area contributed by atoms with E-state index in [1.54, 1.807) is 12.1 Å². The molecule has 18 heavy (non-hydrogen) atoms. The van der Waals surface area contributed by atoms with Crippen molar-refractivity contribution in [1.29, 1.82) is 0 Å². The molecule has 98 valence electrons. The third-order valence-electron chi connectivity index (χ3n) is 3.17. The van der Waals surface area contributed by atoms with Gasteiger partial charge in [-0.25, -0.2) is 9.38 Å². The number of aliphatic imine (C=N–C) groups is 1. The van der Waals surface area contributed by atoms with Crippen molar-refractivity contribution in [2.45, 2.75) is 25.5 Å². The van der Waals surface area contributed by atoms with Crippen molar-refractivity contribution in [1.82, 2.24) is 0 Å². The van der Waals surface area contributed by atoms with Crippen molar-refractivity contribution < 1.29 is 13.9 Å². The monoisotopic (exact) mass is 252 g/mol. The number of ether oxygens (including phenoxy) is 2. The number of amidine groups is 1. The number of benzene rings is 1. The minimum absolute atomic E-state index is 0.174.